The number of pyridine rings is 1. The van der Waals surface area contributed by atoms with Gasteiger partial charge >= 0.3 is 11.8 Å². The number of nitrogens with zero attached hydrogens (tertiary/aromatic N) is 5. The fourth-order valence-electron chi connectivity index (χ4n) is 5.21. The van der Waals surface area contributed by atoms with Crippen molar-refractivity contribution >= 4 is 23.1 Å². The van der Waals surface area contributed by atoms with Gasteiger partial charge in [-0.3, -0.25) is 9.13 Å². The van der Waals surface area contributed by atoms with E-state index < -0.39 is 0 Å². The SMILES string of the molecule is Cn1c(=O)n(CC(C)(C)C)c2ccc(N3CC4CCC(C3)N(C(=O)Oc3ccccc3)C4)nc21. The summed E-state index contributed by atoms with van der Waals surface area (Å²) < 4.78 is 9.10. The van der Waals surface area contributed by atoms with Crippen molar-refractivity contribution in [1.82, 2.24) is 19.0 Å². The third kappa shape index (κ3) is 4.29. The molecule has 6 rings (SSSR count). The van der Waals surface area contributed by atoms with E-state index in [2.05, 4.69) is 25.7 Å². The number of fused-ring (bicyclic) bond motifs is 5. The molecular weight excluding hydrogens is 430 g/mol. The van der Waals surface area contributed by atoms with E-state index in [-0.39, 0.29) is 23.2 Å². The highest BCUT2D eigenvalue weighted by Gasteiger charge is 2.38. The number of benzene rings is 1. The zero-order valence-electron chi connectivity index (χ0n) is 20.4. The van der Waals surface area contributed by atoms with Crippen LogP contribution in [0.25, 0.3) is 11.2 Å². The molecule has 1 amide bonds. The normalized spacial score (nSPS) is 20.6. The van der Waals surface area contributed by atoms with Crippen molar-refractivity contribution in [1.29, 1.82) is 0 Å². The molecule has 8 nitrogen and oxygen atoms in total. The van der Waals surface area contributed by atoms with Crippen LogP contribution in [0, 0.1) is 11.3 Å². The van der Waals surface area contributed by atoms with Gasteiger partial charge in [-0.25, -0.2) is 14.6 Å². The predicted octanol–water partition coefficient (Wildman–Crippen LogP) is 3.88. The summed E-state index contributed by atoms with van der Waals surface area (Å²) in [5.74, 6) is 1.78. The minimum absolute atomic E-state index is 0.0153. The number of imidazole rings is 1. The van der Waals surface area contributed by atoms with Gasteiger partial charge in [-0.1, -0.05) is 39.0 Å². The molecule has 0 radical (unpaired) electrons. The lowest BCUT2D eigenvalue weighted by molar-refractivity contribution is 0.107. The Bertz CT molecular complexity index is 1260. The summed E-state index contributed by atoms with van der Waals surface area (Å²) in [6.07, 6.45) is 1.75. The number of piperidine rings is 1. The van der Waals surface area contributed by atoms with Crippen molar-refractivity contribution in [2.75, 3.05) is 24.5 Å². The number of rotatable bonds is 3. The van der Waals surface area contributed by atoms with Gasteiger partial charge < -0.3 is 14.5 Å². The zero-order chi connectivity index (χ0) is 24.0. The number of aryl methyl sites for hydroxylation is 1. The molecule has 2 bridgehead atoms. The smallest absolute Gasteiger partial charge is 0.410 e. The van der Waals surface area contributed by atoms with Crippen LogP contribution in [0.4, 0.5) is 10.6 Å². The minimum Gasteiger partial charge on any atom is -0.410 e. The summed E-state index contributed by atoms with van der Waals surface area (Å²) in [6, 6.07) is 13.3. The van der Waals surface area contributed by atoms with E-state index in [1.54, 1.807) is 23.7 Å². The Hall–Kier alpha value is -3.29. The van der Waals surface area contributed by atoms with Crippen molar-refractivity contribution in [3.05, 3.63) is 52.9 Å². The van der Waals surface area contributed by atoms with Gasteiger partial charge in [-0.2, -0.15) is 0 Å². The minimum atomic E-state index is -0.284. The number of ether oxygens (including phenoxy) is 1. The van der Waals surface area contributed by atoms with Gasteiger partial charge in [0.25, 0.3) is 0 Å². The topological polar surface area (TPSA) is 72.6 Å². The largest absolute Gasteiger partial charge is 0.415 e. The molecule has 3 fully saturated rings. The van der Waals surface area contributed by atoms with Gasteiger partial charge in [-0.15, -0.1) is 0 Å². The Kier molecular flexibility index (Phi) is 5.62. The van der Waals surface area contributed by atoms with E-state index in [9.17, 15) is 9.59 Å². The van der Waals surface area contributed by atoms with E-state index in [1.807, 2.05) is 39.8 Å². The molecule has 2 atom stereocenters. The maximum absolute atomic E-state index is 13.0. The first kappa shape index (κ1) is 22.5. The van der Waals surface area contributed by atoms with Crippen LogP contribution < -0.4 is 15.3 Å². The summed E-state index contributed by atoms with van der Waals surface area (Å²) in [5, 5.41) is 0. The van der Waals surface area contributed by atoms with E-state index in [1.165, 1.54) is 0 Å². The number of amides is 1. The number of aromatic nitrogens is 3. The molecule has 3 saturated heterocycles. The van der Waals surface area contributed by atoms with E-state index in [0.29, 0.717) is 36.9 Å². The molecule has 8 heteroatoms. The molecule has 180 valence electrons. The van der Waals surface area contributed by atoms with Crippen molar-refractivity contribution in [3.63, 3.8) is 0 Å². The maximum atomic E-state index is 13.0. The van der Waals surface area contributed by atoms with E-state index >= 15 is 0 Å². The van der Waals surface area contributed by atoms with Crippen LogP contribution in [0.3, 0.4) is 0 Å². The second kappa shape index (κ2) is 8.49. The Morgan fingerprint density at radius 3 is 2.56 bits per heavy atom. The predicted molar refractivity (Wildman–Crippen MR) is 132 cm³/mol. The van der Waals surface area contributed by atoms with Crippen LogP contribution in [0.1, 0.15) is 33.6 Å². The second-order valence-electron chi connectivity index (χ2n) is 10.8. The molecule has 5 heterocycles. The van der Waals surface area contributed by atoms with Crippen molar-refractivity contribution < 1.29 is 9.53 Å². The van der Waals surface area contributed by atoms with E-state index in [0.717, 1.165) is 30.7 Å². The van der Waals surface area contributed by atoms with Gasteiger partial charge in [0.2, 0.25) is 0 Å². The third-order valence-electron chi connectivity index (χ3n) is 6.82. The number of carbonyl (C=O) groups excluding carboxylic acids is 1. The average Bonchev–Trinajstić information content (AvgIpc) is 3.01. The standard InChI is InChI=1S/C26H33N5O3/c1-26(2,3)17-31-21-12-13-22(27-23(21)28(4)24(31)32)29-14-18-10-11-19(16-29)30(15-18)25(33)34-20-8-6-5-7-9-20/h5-9,12-13,18-19H,10-11,14-17H2,1-4H3. The van der Waals surface area contributed by atoms with Crippen LogP contribution in [0.2, 0.25) is 0 Å². The monoisotopic (exact) mass is 463 g/mol. The van der Waals surface area contributed by atoms with Gasteiger partial charge in [0.1, 0.15) is 11.6 Å². The number of para-hydroxylation sites is 1. The van der Waals surface area contributed by atoms with Crippen molar-refractivity contribution in [2.45, 2.75) is 46.2 Å². The molecule has 0 saturated carbocycles. The lowest BCUT2D eigenvalue weighted by Crippen LogP contribution is -2.48. The molecule has 3 aromatic rings. The van der Waals surface area contributed by atoms with Crippen LogP contribution in [-0.2, 0) is 13.6 Å². The highest BCUT2D eigenvalue weighted by Crippen LogP contribution is 2.31. The number of carbonyl (C=O) groups is 1. The molecule has 0 aliphatic carbocycles. The molecule has 34 heavy (non-hydrogen) atoms. The zero-order valence-corrected chi connectivity index (χ0v) is 20.4. The molecular formula is C26H33N5O3. The first-order valence-electron chi connectivity index (χ1n) is 12.0. The number of anilines is 1. The van der Waals surface area contributed by atoms with Crippen molar-refractivity contribution in [3.8, 4) is 5.75 Å². The van der Waals surface area contributed by atoms with Gasteiger partial charge in [-0.05, 0) is 48.4 Å². The first-order chi connectivity index (χ1) is 16.2. The Labute approximate surface area is 199 Å². The fraction of sp³-hybridized carbons (Fsp3) is 0.500. The lowest BCUT2D eigenvalue weighted by atomic mass is 9.95. The molecule has 3 aliphatic rings. The number of hydrogen-bond donors (Lipinski definition) is 0. The van der Waals surface area contributed by atoms with E-state index in [4.69, 9.17) is 9.72 Å². The average molecular weight is 464 g/mol. The molecule has 1 aromatic carbocycles. The maximum Gasteiger partial charge on any atom is 0.415 e. The van der Waals surface area contributed by atoms with Crippen LogP contribution >= 0.6 is 0 Å². The van der Waals surface area contributed by atoms with Gasteiger partial charge in [0.15, 0.2) is 5.65 Å². The molecule has 3 aliphatic heterocycles. The second-order valence-corrected chi connectivity index (χ2v) is 10.8. The highest BCUT2D eigenvalue weighted by atomic mass is 16.6. The Morgan fingerprint density at radius 1 is 1.06 bits per heavy atom. The summed E-state index contributed by atoms with van der Waals surface area (Å²) in [4.78, 5) is 34.9. The fourth-order valence-corrected chi connectivity index (χ4v) is 5.21. The van der Waals surface area contributed by atoms with Crippen molar-refractivity contribution in [2.24, 2.45) is 18.4 Å². The molecule has 2 aromatic heterocycles. The quantitative estimate of drug-likeness (QED) is 0.589. The van der Waals surface area contributed by atoms with Crippen LogP contribution in [-0.4, -0.2) is 50.8 Å². The summed E-state index contributed by atoms with van der Waals surface area (Å²) in [5.41, 5.74) is 1.50. The summed E-state index contributed by atoms with van der Waals surface area (Å²) in [6.45, 7) is 9.24. The summed E-state index contributed by atoms with van der Waals surface area (Å²) in [7, 11) is 1.79. The Morgan fingerprint density at radius 2 is 1.82 bits per heavy atom. The van der Waals surface area contributed by atoms with Gasteiger partial charge in [0, 0.05) is 33.2 Å². The Balaban J connectivity index is 1.40. The highest BCUT2D eigenvalue weighted by molar-refractivity contribution is 5.74. The van der Waals surface area contributed by atoms with Gasteiger partial charge in [0.05, 0.1) is 11.6 Å². The molecule has 0 N–H and O–H groups in total. The molecule has 0 spiro atoms. The third-order valence-corrected chi connectivity index (χ3v) is 6.82. The molecule has 2 unspecified atom stereocenters. The summed E-state index contributed by atoms with van der Waals surface area (Å²) >= 11 is 0. The van der Waals surface area contributed by atoms with Crippen LogP contribution in [0.15, 0.2) is 47.3 Å². The first-order valence-corrected chi connectivity index (χ1v) is 12.0. The van der Waals surface area contributed by atoms with Crippen LogP contribution in [0.5, 0.6) is 5.75 Å². The lowest BCUT2D eigenvalue weighted by Gasteiger charge is -2.35. The number of hydrogen-bond acceptors (Lipinski definition) is 5.